The maximum Gasteiger partial charge on any atom is 0.255 e. The SMILES string of the molecule is Cc1ccc(NC(=O)c2ccc(N3CCN(C(=O)C4CC4)CC3)cc2)cc1C. The van der Waals surface area contributed by atoms with Crippen molar-refractivity contribution in [2.24, 2.45) is 5.92 Å². The number of nitrogens with one attached hydrogen (secondary N) is 1. The van der Waals surface area contributed by atoms with Gasteiger partial charge in [-0.15, -0.1) is 0 Å². The average Bonchev–Trinajstić information content (AvgIpc) is 3.56. The summed E-state index contributed by atoms with van der Waals surface area (Å²) < 4.78 is 0. The largest absolute Gasteiger partial charge is 0.368 e. The van der Waals surface area contributed by atoms with Gasteiger partial charge in [0.1, 0.15) is 0 Å². The molecule has 1 heterocycles. The van der Waals surface area contributed by atoms with Crippen molar-refractivity contribution in [3.63, 3.8) is 0 Å². The molecule has 2 amide bonds. The molecule has 5 heteroatoms. The molecule has 28 heavy (non-hydrogen) atoms. The Balaban J connectivity index is 1.35. The van der Waals surface area contributed by atoms with Crippen LogP contribution in [0.2, 0.25) is 0 Å². The second kappa shape index (κ2) is 7.66. The summed E-state index contributed by atoms with van der Waals surface area (Å²) in [7, 11) is 0. The van der Waals surface area contributed by atoms with E-state index in [1.807, 2.05) is 54.3 Å². The van der Waals surface area contributed by atoms with Gasteiger partial charge in [0.15, 0.2) is 0 Å². The van der Waals surface area contributed by atoms with E-state index in [1.165, 1.54) is 5.56 Å². The molecule has 1 saturated heterocycles. The van der Waals surface area contributed by atoms with E-state index in [-0.39, 0.29) is 5.91 Å². The lowest BCUT2D eigenvalue weighted by Crippen LogP contribution is -2.49. The third-order valence-corrected chi connectivity index (χ3v) is 5.78. The van der Waals surface area contributed by atoms with Crippen molar-refractivity contribution in [1.82, 2.24) is 4.90 Å². The molecular formula is C23H27N3O2. The van der Waals surface area contributed by atoms with Gasteiger partial charge in [-0.25, -0.2) is 0 Å². The van der Waals surface area contributed by atoms with Crippen molar-refractivity contribution >= 4 is 23.2 Å². The summed E-state index contributed by atoms with van der Waals surface area (Å²) in [5, 5.41) is 2.96. The number of benzene rings is 2. The minimum absolute atomic E-state index is 0.102. The van der Waals surface area contributed by atoms with E-state index in [0.717, 1.165) is 56.0 Å². The van der Waals surface area contributed by atoms with Crippen molar-refractivity contribution in [3.8, 4) is 0 Å². The molecule has 2 aromatic rings. The Morgan fingerprint density at radius 2 is 1.57 bits per heavy atom. The minimum atomic E-state index is -0.102. The first kappa shape index (κ1) is 18.5. The molecule has 0 atom stereocenters. The minimum Gasteiger partial charge on any atom is -0.368 e. The molecule has 146 valence electrons. The van der Waals surface area contributed by atoms with Crippen molar-refractivity contribution < 1.29 is 9.59 Å². The summed E-state index contributed by atoms with van der Waals surface area (Å²) in [6.45, 7) is 7.34. The van der Waals surface area contributed by atoms with Crippen LogP contribution in [-0.4, -0.2) is 42.9 Å². The fourth-order valence-electron chi connectivity index (χ4n) is 3.62. The van der Waals surface area contributed by atoms with Gasteiger partial charge in [0.25, 0.3) is 5.91 Å². The highest BCUT2D eigenvalue weighted by atomic mass is 16.2. The average molecular weight is 377 g/mol. The monoisotopic (exact) mass is 377 g/mol. The quantitative estimate of drug-likeness (QED) is 0.886. The molecule has 1 N–H and O–H groups in total. The van der Waals surface area contributed by atoms with E-state index in [1.54, 1.807) is 0 Å². The smallest absolute Gasteiger partial charge is 0.255 e. The van der Waals surface area contributed by atoms with E-state index in [2.05, 4.69) is 17.1 Å². The van der Waals surface area contributed by atoms with Crippen LogP contribution in [0, 0.1) is 19.8 Å². The Labute approximate surface area is 166 Å². The van der Waals surface area contributed by atoms with E-state index < -0.39 is 0 Å². The molecule has 1 saturated carbocycles. The molecule has 0 radical (unpaired) electrons. The molecule has 0 bridgehead atoms. The third-order valence-electron chi connectivity index (χ3n) is 5.78. The molecule has 5 nitrogen and oxygen atoms in total. The van der Waals surface area contributed by atoms with E-state index in [0.29, 0.717) is 17.4 Å². The number of carbonyl (C=O) groups is 2. The summed E-state index contributed by atoms with van der Waals surface area (Å²) >= 11 is 0. The van der Waals surface area contributed by atoms with Gasteiger partial charge in [-0.1, -0.05) is 6.07 Å². The Bertz CT molecular complexity index is 879. The summed E-state index contributed by atoms with van der Waals surface area (Å²) in [4.78, 5) is 29.0. The lowest BCUT2D eigenvalue weighted by molar-refractivity contribution is -0.132. The first-order chi connectivity index (χ1) is 13.5. The molecule has 2 aromatic carbocycles. The van der Waals surface area contributed by atoms with E-state index in [4.69, 9.17) is 0 Å². The molecule has 2 aliphatic rings. The van der Waals surface area contributed by atoms with Crippen LogP contribution in [0.5, 0.6) is 0 Å². The Hall–Kier alpha value is -2.82. The standard InChI is InChI=1S/C23H27N3O2/c1-16-3-8-20(15-17(16)2)24-22(27)18-6-9-21(10-7-18)25-11-13-26(14-12-25)23(28)19-4-5-19/h3,6-10,15,19H,4-5,11-14H2,1-2H3,(H,24,27). The Morgan fingerprint density at radius 3 is 2.18 bits per heavy atom. The molecule has 2 fully saturated rings. The number of hydrogen-bond acceptors (Lipinski definition) is 3. The molecular weight excluding hydrogens is 350 g/mol. The number of aryl methyl sites for hydroxylation is 2. The van der Waals surface area contributed by atoms with Crippen LogP contribution < -0.4 is 10.2 Å². The predicted molar refractivity (Wildman–Crippen MR) is 112 cm³/mol. The second-order valence-electron chi connectivity index (χ2n) is 7.89. The normalized spacial score (nSPS) is 16.8. The first-order valence-electron chi connectivity index (χ1n) is 10.0. The van der Waals surface area contributed by atoms with Crippen molar-refractivity contribution in [2.45, 2.75) is 26.7 Å². The maximum absolute atomic E-state index is 12.5. The molecule has 0 aromatic heterocycles. The zero-order valence-corrected chi connectivity index (χ0v) is 16.6. The fourth-order valence-corrected chi connectivity index (χ4v) is 3.62. The lowest BCUT2D eigenvalue weighted by Gasteiger charge is -2.36. The molecule has 1 aliphatic heterocycles. The van der Waals surface area contributed by atoms with Gasteiger partial charge in [-0.2, -0.15) is 0 Å². The second-order valence-corrected chi connectivity index (χ2v) is 7.89. The van der Waals surface area contributed by atoms with Crippen LogP contribution in [0.25, 0.3) is 0 Å². The van der Waals surface area contributed by atoms with Crippen LogP contribution in [0.3, 0.4) is 0 Å². The van der Waals surface area contributed by atoms with Crippen LogP contribution in [0.15, 0.2) is 42.5 Å². The number of amides is 2. The summed E-state index contributed by atoms with van der Waals surface area (Å²) in [5.41, 5.74) is 4.92. The van der Waals surface area contributed by atoms with Crippen LogP contribution >= 0.6 is 0 Å². The van der Waals surface area contributed by atoms with E-state index >= 15 is 0 Å². The van der Waals surface area contributed by atoms with E-state index in [9.17, 15) is 9.59 Å². The van der Waals surface area contributed by atoms with Crippen molar-refractivity contribution in [3.05, 3.63) is 59.2 Å². The van der Waals surface area contributed by atoms with Gasteiger partial charge in [0.2, 0.25) is 5.91 Å². The van der Waals surface area contributed by atoms with Gasteiger partial charge in [-0.3, -0.25) is 9.59 Å². The van der Waals surface area contributed by atoms with Gasteiger partial charge in [-0.05, 0) is 74.2 Å². The highest BCUT2D eigenvalue weighted by Crippen LogP contribution is 2.31. The Morgan fingerprint density at radius 1 is 0.893 bits per heavy atom. The number of nitrogens with zero attached hydrogens (tertiary/aromatic N) is 2. The molecule has 0 unspecified atom stereocenters. The van der Waals surface area contributed by atoms with Gasteiger partial charge in [0, 0.05) is 49.0 Å². The third kappa shape index (κ3) is 4.03. The van der Waals surface area contributed by atoms with Crippen LogP contribution in [0.4, 0.5) is 11.4 Å². The number of hydrogen-bond donors (Lipinski definition) is 1. The summed E-state index contributed by atoms with van der Waals surface area (Å²) in [6.07, 6.45) is 2.12. The zero-order valence-electron chi connectivity index (χ0n) is 16.6. The predicted octanol–water partition coefficient (Wildman–Crippen LogP) is 3.61. The maximum atomic E-state index is 12.5. The molecule has 4 rings (SSSR count). The lowest BCUT2D eigenvalue weighted by atomic mass is 10.1. The summed E-state index contributed by atoms with van der Waals surface area (Å²) in [6, 6.07) is 13.7. The van der Waals surface area contributed by atoms with Gasteiger partial charge in [0.05, 0.1) is 0 Å². The van der Waals surface area contributed by atoms with Crippen LogP contribution in [-0.2, 0) is 4.79 Å². The van der Waals surface area contributed by atoms with Gasteiger partial charge >= 0.3 is 0 Å². The van der Waals surface area contributed by atoms with Gasteiger partial charge < -0.3 is 15.1 Å². The first-order valence-corrected chi connectivity index (χ1v) is 10.0. The molecule has 0 spiro atoms. The number of anilines is 2. The van der Waals surface area contributed by atoms with Crippen molar-refractivity contribution in [2.75, 3.05) is 36.4 Å². The highest BCUT2D eigenvalue weighted by Gasteiger charge is 2.34. The highest BCUT2D eigenvalue weighted by molar-refractivity contribution is 6.04. The number of piperazine rings is 1. The topological polar surface area (TPSA) is 52.7 Å². The fraction of sp³-hybridized carbons (Fsp3) is 0.391. The number of carbonyl (C=O) groups excluding carboxylic acids is 2. The summed E-state index contributed by atoms with van der Waals surface area (Å²) in [5.74, 6) is 0.523. The molecule has 1 aliphatic carbocycles. The van der Waals surface area contributed by atoms with Crippen molar-refractivity contribution in [1.29, 1.82) is 0 Å². The Kier molecular flexibility index (Phi) is 5.07. The number of rotatable bonds is 4. The zero-order chi connectivity index (χ0) is 19.7. The van der Waals surface area contributed by atoms with Crippen LogP contribution in [0.1, 0.15) is 34.3 Å².